The Balaban J connectivity index is 0. The maximum absolute atomic E-state index is 9.98. The summed E-state index contributed by atoms with van der Waals surface area (Å²) in [4.78, 5) is 9.98. The molecule has 0 aromatic heterocycles. The molecule has 144 valence electrons. The van der Waals surface area contributed by atoms with E-state index >= 15 is 0 Å². The molecule has 0 heterocycles. The molecule has 0 radical (unpaired) electrons. The quantitative estimate of drug-likeness (QED) is 0.197. The molecule has 0 aliphatic heterocycles. The van der Waals surface area contributed by atoms with Crippen LogP contribution in [0.25, 0.3) is 0 Å². The van der Waals surface area contributed by atoms with Crippen molar-refractivity contribution in [2.45, 2.75) is 100 Å². The Hall–Kier alpha value is 0.579. The van der Waals surface area contributed by atoms with E-state index in [-0.39, 0.29) is 6.42 Å². The number of carboxylic acids is 1. The van der Waals surface area contributed by atoms with E-state index in [4.69, 9.17) is 3.07 Å². The zero-order valence-electron chi connectivity index (χ0n) is 16.3. The Labute approximate surface area is 164 Å². The molecule has 0 rings (SSSR count). The zero-order chi connectivity index (χ0) is 18.5. The number of carbonyl (C=O) groups excluding carboxylic acids is 1. The van der Waals surface area contributed by atoms with Crippen LogP contribution in [0, 0.1) is 0 Å². The molecular formula is C19H40O3SSn. The van der Waals surface area contributed by atoms with Gasteiger partial charge in [0.25, 0.3) is 0 Å². The third-order valence-electron chi connectivity index (χ3n) is 3.75. The fourth-order valence-electron chi connectivity index (χ4n) is 2.26. The van der Waals surface area contributed by atoms with Crippen molar-refractivity contribution in [2.24, 2.45) is 0 Å². The Morgan fingerprint density at radius 2 is 1.38 bits per heavy atom. The normalized spacial score (nSPS) is 10.2. The Kier molecular flexibility index (Phi) is 26.3. The molecule has 0 aromatic carbocycles. The first kappa shape index (κ1) is 26.8. The number of carboxylic acid groups (broad SMARTS) is 1. The van der Waals surface area contributed by atoms with E-state index < -0.39 is 26.1 Å². The van der Waals surface area contributed by atoms with Crippen LogP contribution < -0.4 is 5.11 Å². The molecule has 5 heteroatoms. The Morgan fingerprint density at radius 3 is 1.83 bits per heavy atom. The van der Waals surface area contributed by atoms with E-state index in [1.54, 1.807) is 0 Å². The van der Waals surface area contributed by atoms with Gasteiger partial charge in [0.2, 0.25) is 0 Å². The third-order valence-corrected chi connectivity index (χ3v) is 10.9. The van der Waals surface area contributed by atoms with Crippen molar-refractivity contribution in [3.8, 4) is 0 Å². The minimum absolute atomic E-state index is 0.228. The van der Waals surface area contributed by atoms with Crippen molar-refractivity contribution < 1.29 is 13.0 Å². The van der Waals surface area contributed by atoms with Gasteiger partial charge < -0.3 is 9.90 Å². The van der Waals surface area contributed by atoms with Crippen LogP contribution in [0.15, 0.2) is 0 Å². The van der Waals surface area contributed by atoms with Gasteiger partial charge in [0.1, 0.15) is 0 Å². The summed E-state index contributed by atoms with van der Waals surface area (Å²) in [6.45, 7) is 7.59. The van der Waals surface area contributed by atoms with Crippen molar-refractivity contribution in [1.82, 2.24) is 0 Å². The van der Waals surface area contributed by atoms with Crippen LogP contribution in [0.1, 0.15) is 91.4 Å². The van der Waals surface area contributed by atoms with Gasteiger partial charge in [-0.25, -0.2) is 0 Å². The summed E-state index contributed by atoms with van der Waals surface area (Å²) in [6.07, 6.45) is 12.4. The number of carbonyl (C=O) groups is 1. The average Bonchev–Trinajstić information content (AvgIpc) is 2.57. The number of unbranched alkanes of at least 4 members (excludes halogenated alkanes) is 7. The summed E-state index contributed by atoms with van der Waals surface area (Å²) in [6, 6.07) is 0. The first-order valence-electron chi connectivity index (χ1n) is 9.90. The third kappa shape index (κ3) is 24.8. The standard InChI is InChI=1S/C9H18O2.2C4H9.C2H5OS.Sn/c1-2-3-4-5-6-7-8-9(10)11;2*1-3-4-2;3-1-2-4;/h2-8H2,1H3,(H,10,11);2*1,3-4H2,2H3;4H,1-2H2;/q;;;-1;+2/p-1. The number of thiol groups is 1. The van der Waals surface area contributed by atoms with Crippen molar-refractivity contribution >= 4 is 38.8 Å². The van der Waals surface area contributed by atoms with Gasteiger partial charge in [-0.3, -0.25) is 0 Å². The van der Waals surface area contributed by atoms with E-state index in [1.807, 2.05) is 0 Å². The molecule has 0 aliphatic rings. The van der Waals surface area contributed by atoms with Gasteiger partial charge >= 0.3 is 96.6 Å². The number of rotatable bonds is 16. The van der Waals surface area contributed by atoms with Crippen LogP contribution >= 0.6 is 12.6 Å². The van der Waals surface area contributed by atoms with Gasteiger partial charge in [-0.15, -0.1) is 0 Å². The van der Waals surface area contributed by atoms with Crippen molar-refractivity contribution in [3.05, 3.63) is 0 Å². The number of hydrogen-bond donors (Lipinski definition) is 1. The van der Waals surface area contributed by atoms with E-state index in [9.17, 15) is 9.90 Å². The second kappa shape index (κ2) is 23.6. The molecule has 0 fully saturated rings. The van der Waals surface area contributed by atoms with E-state index in [0.29, 0.717) is 0 Å². The molecule has 0 atom stereocenters. The molecule has 0 spiro atoms. The molecule has 0 N–H and O–H groups in total. The zero-order valence-corrected chi connectivity index (χ0v) is 20.0. The van der Waals surface area contributed by atoms with Crippen molar-refractivity contribution in [1.29, 1.82) is 0 Å². The fraction of sp³-hybridized carbons (Fsp3) is 0.947. The summed E-state index contributed by atoms with van der Waals surface area (Å²) >= 11 is 2.80. The van der Waals surface area contributed by atoms with Crippen LogP contribution in [-0.4, -0.2) is 38.5 Å². The van der Waals surface area contributed by atoms with Crippen molar-refractivity contribution in [3.63, 3.8) is 0 Å². The van der Waals surface area contributed by atoms with E-state index in [1.165, 1.54) is 60.2 Å². The fourth-order valence-corrected chi connectivity index (χ4v) is 9.76. The molecule has 0 amide bonds. The van der Waals surface area contributed by atoms with Gasteiger partial charge in [0.15, 0.2) is 0 Å². The molecular weight excluding hydrogens is 427 g/mol. The van der Waals surface area contributed by atoms with Crippen LogP contribution in [0.3, 0.4) is 0 Å². The van der Waals surface area contributed by atoms with Crippen LogP contribution in [0.4, 0.5) is 0 Å². The van der Waals surface area contributed by atoms with Gasteiger partial charge in [0, 0.05) is 5.97 Å². The molecule has 0 bridgehead atoms. The first-order chi connectivity index (χ1) is 11.6. The van der Waals surface area contributed by atoms with Crippen LogP contribution in [0.2, 0.25) is 8.87 Å². The second-order valence-electron chi connectivity index (χ2n) is 6.21. The van der Waals surface area contributed by atoms with Gasteiger partial charge in [-0.1, -0.05) is 39.0 Å². The summed E-state index contributed by atoms with van der Waals surface area (Å²) in [5.74, 6) is -0.0250. The summed E-state index contributed by atoms with van der Waals surface area (Å²) < 4.78 is 8.76. The van der Waals surface area contributed by atoms with Crippen LogP contribution in [-0.2, 0) is 7.87 Å². The minimum atomic E-state index is -1.39. The van der Waals surface area contributed by atoms with Gasteiger partial charge in [0.05, 0.1) is 0 Å². The van der Waals surface area contributed by atoms with Crippen molar-refractivity contribution in [2.75, 3.05) is 12.4 Å². The molecule has 0 saturated carbocycles. The van der Waals surface area contributed by atoms with E-state index in [0.717, 1.165) is 25.2 Å². The molecule has 0 saturated heterocycles. The number of hydrogen-bond acceptors (Lipinski definition) is 4. The first-order valence-corrected chi connectivity index (χ1v) is 15.7. The van der Waals surface area contributed by atoms with Crippen LogP contribution in [0.5, 0.6) is 0 Å². The van der Waals surface area contributed by atoms with E-state index in [2.05, 4.69) is 33.4 Å². The summed E-state index contributed by atoms with van der Waals surface area (Å²) in [5, 5.41) is 9.98. The molecule has 3 nitrogen and oxygen atoms in total. The molecule has 24 heavy (non-hydrogen) atoms. The summed E-state index contributed by atoms with van der Waals surface area (Å²) in [5.41, 5.74) is 0. The predicted octanol–water partition coefficient (Wildman–Crippen LogP) is 5.01. The van der Waals surface area contributed by atoms with Gasteiger partial charge in [-0.2, -0.15) is 0 Å². The number of aliphatic carboxylic acids is 1. The average molecular weight is 467 g/mol. The molecule has 0 aromatic rings. The predicted molar refractivity (Wildman–Crippen MR) is 108 cm³/mol. The van der Waals surface area contributed by atoms with Gasteiger partial charge in [-0.05, 0) is 12.8 Å². The summed E-state index contributed by atoms with van der Waals surface area (Å²) in [7, 11) is 0. The molecule has 0 aliphatic carbocycles. The topological polar surface area (TPSA) is 49.4 Å². The molecule has 0 unspecified atom stereocenters. The maximum atomic E-state index is 9.98. The SMILES string of the molecule is CCCCCCCCC(=O)[O-].CCC[CH2][Sn+]([CH2]CCC)[O]CCS. The Morgan fingerprint density at radius 1 is 0.875 bits per heavy atom. The second-order valence-corrected chi connectivity index (χ2v) is 13.4. The Bertz CT molecular complexity index is 234. The monoisotopic (exact) mass is 468 g/mol.